The Bertz CT molecular complexity index is 1150. The lowest BCUT2D eigenvalue weighted by Gasteiger charge is -2.11. The number of aromatic nitrogens is 3. The molecule has 0 radical (unpaired) electrons. The number of rotatable bonds is 4. The van der Waals surface area contributed by atoms with Crippen LogP contribution >= 0.6 is 0 Å². The molecule has 6 nitrogen and oxygen atoms in total. The van der Waals surface area contributed by atoms with Gasteiger partial charge >= 0.3 is 0 Å². The SMILES string of the molecule is COc1ccc(-c2nc(-c3ccc(C)cc3O)nc(-c3ccc(C)cc3O)n2)cc1. The van der Waals surface area contributed by atoms with E-state index in [1.807, 2.05) is 50.2 Å². The molecule has 150 valence electrons. The highest BCUT2D eigenvalue weighted by atomic mass is 16.5. The fraction of sp³-hybridized carbons (Fsp3) is 0.125. The Morgan fingerprint density at radius 2 is 1.10 bits per heavy atom. The van der Waals surface area contributed by atoms with Crippen molar-refractivity contribution in [2.45, 2.75) is 13.8 Å². The van der Waals surface area contributed by atoms with Gasteiger partial charge in [0.1, 0.15) is 17.2 Å². The van der Waals surface area contributed by atoms with Gasteiger partial charge in [0, 0.05) is 5.56 Å². The first kappa shape index (κ1) is 19.4. The Kier molecular flexibility index (Phi) is 5.06. The lowest BCUT2D eigenvalue weighted by molar-refractivity contribution is 0.415. The molecule has 0 saturated carbocycles. The highest BCUT2D eigenvalue weighted by Gasteiger charge is 2.16. The number of phenols is 2. The summed E-state index contributed by atoms with van der Waals surface area (Å²) in [5.74, 6) is 1.96. The van der Waals surface area contributed by atoms with Gasteiger partial charge in [0.15, 0.2) is 17.5 Å². The number of aryl methyl sites for hydroxylation is 2. The van der Waals surface area contributed by atoms with Gasteiger partial charge in [-0.15, -0.1) is 0 Å². The fourth-order valence-corrected chi connectivity index (χ4v) is 3.15. The molecule has 6 heteroatoms. The van der Waals surface area contributed by atoms with Crippen LogP contribution < -0.4 is 4.74 Å². The molecule has 0 atom stereocenters. The minimum Gasteiger partial charge on any atom is -0.507 e. The maximum Gasteiger partial charge on any atom is 0.167 e. The average Bonchev–Trinajstić information content (AvgIpc) is 2.73. The lowest BCUT2D eigenvalue weighted by Crippen LogP contribution is -2.00. The summed E-state index contributed by atoms with van der Waals surface area (Å²) >= 11 is 0. The maximum atomic E-state index is 10.5. The van der Waals surface area contributed by atoms with Gasteiger partial charge in [-0.2, -0.15) is 0 Å². The van der Waals surface area contributed by atoms with Crippen molar-refractivity contribution in [1.29, 1.82) is 0 Å². The molecule has 0 fully saturated rings. The van der Waals surface area contributed by atoms with Gasteiger partial charge in [0.2, 0.25) is 0 Å². The lowest BCUT2D eigenvalue weighted by atomic mass is 10.1. The van der Waals surface area contributed by atoms with Crippen LogP contribution in [-0.2, 0) is 0 Å². The van der Waals surface area contributed by atoms with Crippen molar-refractivity contribution >= 4 is 0 Å². The van der Waals surface area contributed by atoms with E-state index >= 15 is 0 Å². The van der Waals surface area contributed by atoms with E-state index in [0.29, 0.717) is 28.6 Å². The summed E-state index contributed by atoms with van der Waals surface area (Å²) in [7, 11) is 1.61. The number of phenolic OH excluding ortho intramolecular Hbond substituents is 2. The minimum atomic E-state index is 0.0842. The van der Waals surface area contributed by atoms with E-state index in [-0.39, 0.29) is 11.5 Å². The van der Waals surface area contributed by atoms with Gasteiger partial charge < -0.3 is 14.9 Å². The quantitative estimate of drug-likeness (QED) is 0.507. The highest BCUT2D eigenvalue weighted by Crippen LogP contribution is 2.33. The van der Waals surface area contributed by atoms with Crippen molar-refractivity contribution in [3.05, 3.63) is 71.8 Å². The largest absolute Gasteiger partial charge is 0.507 e. The van der Waals surface area contributed by atoms with Crippen LogP contribution in [0, 0.1) is 13.8 Å². The molecular weight excluding hydrogens is 378 g/mol. The summed E-state index contributed by atoms with van der Waals surface area (Å²) in [6.45, 7) is 3.80. The molecule has 0 aliphatic heterocycles. The number of hydrogen-bond acceptors (Lipinski definition) is 6. The summed E-state index contributed by atoms with van der Waals surface area (Å²) in [5, 5.41) is 20.9. The molecule has 0 amide bonds. The molecule has 0 saturated heterocycles. The molecule has 1 heterocycles. The second-order valence-electron chi connectivity index (χ2n) is 7.08. The number of nitrogens with zero attached hydrogens (tertiary/aromatic N) is 3. The third kappa shape index (κ3) is 3.80. The molecule has 0 bridgehead atoms. The molecule has 0 aliphatic carbocycles. The van der Waals surface area contributed by atoms with Crippen LogP contribution in [0.4, 0.5) is 0 Å². The van der Waals surface area contributed by atoms with E-state index in [4.69, 9.17) is 4.74 Å². The van der Waals surface area contributed by atoms with E-state index in [1.54, 1.807) is 31.4 Å². The van der Waals surface area contributed by atoms with Crippen LogP contribution in [0.3, 0.4) is 0 Å². The molecule has 4 aromatic rings. The molecule has 30 heavy (non-hydrogen) atoms. The van der Waals surface area contributed by atoms with Gasteiger partial charge in [0.25, 0.3) is 0 Å². The summed E-state index contributed by atoms with van der Waals surface area (Å²) in [4.78, 5) is 13.7. The van der Waals surface area contributed by atoms with Crippen LogP contribution in [0.15, 0.2) is 60.7 Å². The second kappa shape index (κ2) is 7.83. The van der Waals surface area contributed by atoms with Crippen molar-refractivity contribution in [3.8, 4) is 51.4 Å². The average molecular weight is 399 g/mol. The van der Waals surface area contributed by atoms with Crippen molar-refractivity contribution in [1.82, 2.24) is 15.0 Å². The second-order valence-corrected chi connectivity index (χ2v) is 7.08. The Labute approximate surface area is 174 Å². The molecule has 1 aromatic heterocycles. The molecule has 0 aliphatic rings. The number of benzene rings is 3. The van der Waals surface area contributed by atoms with Crippen LogP contribution in [0.25, 0.3) is 34.2 Å². The topological polar surface area (TPSA) is 88.4 Å². The van der Waals surface area contributed by atoms with Crippen LogP contribution in [-0.4, -0.2) is 32.3 Å². The monoisotopic (exact) mass is 399 g/mol. The smallest absolute Gasteiger partial charge is 0.167 e. The molecular formula is C24H21N3O3. The van der Waals surface area contributed by atoms with Gasteiger partial charge in [-0.3, -0.25) is 0 Å². The van der Waals surface area contributed by atoms with Crippen LogP contribution in [0.2, 0.25) is 0 Å². The summed E-state index contributed by atoms with van der Waals surface area (Å²) in [6.07, 6.45) is 0. The van der Waals surface area contributed by atoms with Crippen molar-refractivity contribution in [2.75, 3.05) is 7.11 Å². The van der Waals surface area contributed by atoms with Crippen molar-refractivity contribution < 1.29 is 14.9 Å². The molecule has 0 spiro atoms. The Morgan fingerprint density at radius 1 is 0.633 bits per heavy atom. The minimum absolute atomic E-state index is 0.0842. The number of methoxy groups -OCH3 is 1. The third-order valence-corrected chi connectivity index (χ3v) is 4.77. The van der Waals surface area contributed by atoms with Gasteiger partial charge in [-0.1, -0.05) is 12.1 Å². The Hall–Kier alpha value is -3.93. The summed E-state index contributed by atoms with van der Waals surface area (Å²) in [5.41, 5.74) is 3.60. The van der Waals surface area contributed by atoms with Gasteiger partial charge in [0.05, 0.1) is 18.2 Å². The highest BCUT2D eigenvalue weighted by molar-refractivity contribution is 5.72. The molecule has 4 rings (SSSR count). The zero-order chi connectivity index (χ0) is 21.3. The Balaban J connectivity index is 1.93. The standard InChI is InChI=1S/C24H21N3O3/c1-14-4-10-18(20(28)12-14)23-25-22(16-6-8-17(30-3)9-7-16)26-24(27-23)19-11-5-15(2)13-21(19)29/h4-13,28-29H,1-3H3. The summed E-state index contributed by atoms with van der Waals surface area (Å²) in [6, 6.07) is 18.0. The molecule has 2 N–H and O–H groups in total. The fourth-order valence-electron chi connectivity index (χ4n) is 3.15. The Morgan fingerprint density at radius 3 is 1.53 bits per heavy atom. The first-order valence-electron chi connectivity index (χ1n) is 9.45. The maximum absolute atomic E-state index is 10.5. The zero-order valence-corrected chi connectivity index (χ0v) is 16.9. The van der Waals surface area contributed by atoms with Gasteiger partial charge in [-0.05, 0) is 73.5 Å². The van der Waals surface area contributed by atoms with E-state index < -0.39 is 0 Å². The van der Waals surface area contributed by atoms with E-state index in [1.165, 1.54) is 0 Å². The molecule has 3 aromatic carbocycles. The van der Waals surface area contributed by atoms with Crippen molar-refractivity contribution in [3.63, 3.8) is 0 Å². The first-order chi connectivity index (χ1) is 14.4. The van der Waals surface area contributed by atoms with Crippen LogP contribution in [0.1, 0.15) is 11.1 Å². The van der Waals surface area contributed by atoms with Crippen molar-refractivity contribution in [2.24, 2.45) is 0 Å². The number of ether oxygens (including phenoxy) is 1. The summed E-state index contributed by atoms with van der Waals surface area (Å²) < 4.78 is 5.23. The number of hydrogen-bond donors (Lipinski definition) is 2. The van der Waals surface area contributed by atoms with Gasteiger partial charge in [-0.25, -0.2) is 15.0 Å². The predicted octanol–water partition coefficient (Wildman–Crippen LogP) is 4.91. The predicted molar refractivity (Wildman–Crippen MR) is 115 cm³/mol. The third-order valence-electron chi connectivity index (χ3n) is 4.77. The zero-order valence-electron chi connectivity index (χ0n) is 16.9. The van der Waals surface area contributed by atoms with E-state index in [9.17, 15) is 10.2 Å². The first-order valence-corrected chi connectivity index (χ1v) is 9.45. The van der Waals surface area contributed by atoms with E-state index in [2.05, 4.69) is 15.0 Å². The normalized spacial score (nSPS) is 10.8. The molecule has 0 unspecified atom stereocenters. The van der Waals surface area contributed by atoms with Crippen LogP contribution in [0.5, 0.6) is 17.2 Å². The number of aromatic hydroxyl groups is 2. The van der Waals surface area contributed by atoms with E-state index in [0.717, 1.165) is 22.4 Å².